The predicted octanol–water partition coefficient (Wildman–Crippen LogP) is 3.18. The molecule has 8 nitrogen and oxygen atoms in total. The molecular formula is C19H22N4O4S. The zero-order chi connectivity index (χ0) is 19.9. The number of hydrogen-bond donors (Lipinski definition) is 3. The highest BCUT2D eigenvalue weighted by molar-refractivity contribution is 7.13. The Kier molecular flexibility index (Phi) is 6.59. The molecule has 148 valence electrons. The maximum absolute atomic E-state index is 12.3. The van der Waals surface area contributed by atoms with Crippen LogP contribution in [0.3, 0.4) is 0 Å². The van der Waals surface area contributed by atoms with Gasteiger partial charge in [-0.1, -0.05) is 25.0 Å². The van der Waals surface area contributed by atoms with Crippen molar-refractivity contribution in [3.05, 3.63) is 40.9 Å². The molecule has 9 heteroatoms. The number of anilines is 2. The van der Waals surface area contributed by atoms with Crippen molar-refractivity contribution in [2.24, 2.45) is 0 Å². The van der Waals surface area contributed by atoms with Gasteiger partial charge in [-0.3, -0.25) is 10.1 Å². The second-order valence-electron chi connectivity index (χ2n) is 6.49. The second-order valence-corrected chi connectivity index (χ2v) is 7.34. The number of thiazole rings is 1. The van der Waals surface area contributed by atoms with Gasteiger partial charge in [0.15, 0.2) is 5.13 Å². The lowest BCUT2D eigenvalue weighted by Crippen LogP contribution is -2.36. The van der Waals surface area contributed by atoms with Crippen LogP contribution in [0.4, 0.5) is 15.6 Å². The first kappa shape index (κ1) is 19.8. The number of para-hydroxylation sites is 1. The quantitative estimate of drug-likeness (QED) is 0.643. The summed E-state index contributed by atoms with van der Waals surface area (Å²) in [4.78, 5) is 40.3. The molecule has 28 heavy (non-hydrogen) atoms. The van der Waals surface area contributed by atoms with E-state index in [9.17, 15) is 14.4 Å². The molecule has 0 spiro atoms. The van der Waals surface area contributed by atoms with Crippen molar-refractivity contribution < 1.29 is 19.1 Å². The number of nitrogens with one attached hydrogen (secondary N) is 3. The van der Waals surface area contributed by atoms with E-state index in [0.29, 0.717) is 16.5 Å². The summed E-state index contributed by atoms with van der Waals surface area (Å²) < 4.78 is 4.72. The summed E-state index contributed by atoms with van der Waals surface area (Å²) >= 11 is 1.26. The van der Waals surface area contributed by atoms with Gasteiger partial charge in [0.1, 0.15) is 0 Å². The van der Waals surface area contributed by atoms with Crippen LogP contribution in [0.15, 0.2) is 29.6 Å². The fourth-order valence-electron chi connectivity index (χ4n) is 3.07. The van der Waals surface area contributed by atoms with Gasteiger partial charge >= 0.3 is 12.0 Å². The number of hydrogen-bond acceptors (Lipinski definition) is 6. The van der Waals surface area contributed by atoms with Gasteiger partial charge in [0.2, 0.25) is 5.91 Å². The summed E-state index contributed by atoms with van der Waals surface area (Å²) in [5.74, 6) is -0.840. The first-order valence-corrected chi connectivity index (χ1v) is 9.92. The van der Waals surface area contributed by atoms with E-state index in [4.69, 9.17) is 4.74 Å². The Morgan fingerprint density at radius 3 is 2.68 bits per heavy atom. The zero-order valence-corrected chi connectivity index (χ0v) is 16.3. The Hall–Kier alpha value is -2.94. The molecule has 0 saturated heterocycles. The third-order valence-electron chi connectivity index (χ3n) is 4.41. The number of urea groups is 1. The lowest BCUT2D eigenvalue weighted by Gasteiger charge is -2.11. The van der Waals surface area contributed by atoms with Gasteiger partial charge < -0.3 is 15.4 Å². The first-order chi connectivity index (χ1) is 13.5. The summed E-state index contributed by atoms with van der Waals surface area (Å²) in [7, 11) is 1.29. The molecule has 2 aromatic rings. The molecule has 3 amide bonds. The Bertz CT molecular complexity index is 861. The third-order valence-corrected chi connectivity index (χ3v) is 5.22. The highest BCUT2D eigenvalue weighted by Gasteiger charge is 2.18. The Balaban J connectivity index is 1.54. The van der Waals surface area contributed by atoms with Crippen molar-refractivity contribution in [3.63, 3.8) is 0 Å². The van der Waals surface area contributed by atoms with Crippen molar-refractivity contribution in [3.8, 4) is 0 Å². The standard InChI is InChI=1S/C19H22N4O4S/c1-27-17(25)14-8-4-5-9-15(14)22-16(24)10-13-11-28-19(21-13)23-18(26)20-12-6-2-3-7-12/h4-5,8-9,11-12H,2-3,6-7,10H2,1H3,(H,22,24)(H2,20,21,23,26). The van der Waals surface area contributed by atoms with Crippen LogP contribution in [-0.2, 0) is 16.0 Å². The molecule has 1 heterocycles. The molecule has 1 aromatic carbocycles. The topological polar surface area (TPSA) is 109 Å². The van der Waals surface area contributed by atoms with E-state index in [2.05, 4.69) is 20.9 Å². The number of carbonyl (C=O) groups is 3. The van der Waals surface area contributed by atoms with E-state index in [0.717, 1.165) is 25.7 Å². The number of aromatic nitrogens is 1. The van der Waals surface area contributed by atoms with Crippen LogP contribution in [0, 0.1) is 0 Å². The molecule has 1 aliphatic carbocycles. The Labute approximate surface area is 166 Å². The van der Waals surface area contributed by atoms with Gasteiger partial charge in [-0.25, -0.2) is 14.6 Å². The zero-order valence-electron chi connectivity index (χ0n) is 15.5. The average Bonchev–Trinajstić information content (AvgIpc) is 3.33. The summed E-state index contributed by atoms with van der Waals surface area (Å²) in [6.07, 6.45) is 4.31. The summed E-state index contributed by atoms with van der Waals surface area (Å²) in [5, 5.41) is 10.5. The van der Waals surface area contributed by atoms with E-state index in [1.807, 2.05) is 0 Å². The van der Waals surface area contributed by atoms with E-state index < -0.39 is 5.97 Å². The maximum Gasteiger partial charge on any atom is 0.339 e. The minimum Gasteiger partial charge on any atom is -0.465 e. The molecule has 0 unspecified atom stereocenters. The molecule has 1 saturated carbocycles. The summed E-state index contributed by atoms with van der Waals surface area (Å²) in [6.45, 7) is 0. The lowest BCUT2D eigenvalue weighted by atomic mass is 10.1. The van der Waals surface area contributed by atoms with Crippen LogP contribution >= 0.6 is 11.3 Å². The Morgan fingerprint density at radius 1 is 1.18 bits per heavy atom. The number of rotatable bonds is 6. The number of benzene rings is 1. The smallest absolute Gasteiger partial charge is 0.339 e. The van der Waals surface area contributed by atoms with Gasteiger partial charge in [0.25, 0.3) is 0 Å². The van der Waals surface area contributed by atoms with Crippen LogP contribution in [0.1, 0.15) is 41.7 Å². The van der Waals surface area contributed by atoms with E-state index >= 15 is 0 Å². The van der Waals surface area contributed by atoms with Crippen molar-refractivity contribution in [1.29, 1.82) is 0 Å². The molecular weight excluding hydrogens is 380 g/mol. The number of nitrogens with zero attached hydrogens (tertiary/aromatic N) is 1. The van der Waals surface area contributed by atoms with Crippen molar-refractivity contribution in [2.75, 3.05) is 17.7 Å². The second kappa shape index (κ2) is 9.32. The van der Waals surface area contributed by atoms with Crippen molar-refractivity contribution >= 4 is 40.1 Å². The van der Waals surface area contributed by atoms with Crippen molar-refractivity contribution in [1.82, 2.24) is 10.3 Å². The number of amides is 3. The van der Waals surface area contributed by atoms with E-state index in [1.165, 1.54) is 18.4 Å². The maximum atomic E-state index is 12.3. The van der Waals surface area contributed by atoms with Crippen LogP contribution in [-0.4, -0.2) is 36.0 Å². The SMILES string of the molecule is COC(=O)c1ccccc1NC(=O)Cc1csc(NC(=O)NC2CCCC2)n1. The van der Waals surface area contributed by atoms with Gasteiger partial charge in [-0.05, 0) is 25.0 Å². The van der Waals surface area contributed by atoms with Gasteiger partial charge in [0, 0.05) is 11.4 Å². The molecule has 1 fully saturated rings. The van der Waals surface area contributed by atoms with E-state index in [1.54, 1.807) is 29.6 Å². The van der Waals surface area contributed by atoms with Gasteiger partial charge in [-0.2, -0.15) is 0 Å². The average molecular weight is 402 g/mol. The normalized spacial score (nSPS) is 13.8. The highest BCUT2D eigenvalue weighted by Crippen LogP contribution is 2.20. The van der Waals surface area contributed by atoms with Gasteiger partial charge in [-0.15, -0.1) is 11.3 Å². The third kappa shape index (κ3) is 5.29. The predicted molar refractivity (Wildman–Crippen MR) is 107 cm³/mol. The highest BCUT2D eigenvalue weighted by atomic mass is 32.1. The largest absolute Gasteiger partial charge is 0.465 e. The molecule has 1 aromatic heterocycles. The summed E-state index contributed by atoms with van der Waals surface area (Å²) in [5.41, 5.74) is 1.20. The molecule has 0 atom stereocenters. The monoisotopic (exact) mass is 402 g/mol. The van der Waals surface area contributed by atoms with Crippen LogP contribution in [0.5, 0.6) is 0 Å². The van der Waals surface area contributed by atoms with Crippen LogP contribution in [0.2, 0.25) is 0 Å². The minimum atomic E-state index is -0.524. The fourth-order valence-corrected chi connectivity index (χ4v) is 3.78. The van der Waals surface area contributed by atoms with Gasteiger partial charge in [0.05, 0.1) is 30.5 Å². The Morgan fingerprint density at radius 2 is 1.93 bits per heavy atom. The number of methoxy groups -OCH3 is 1. The molecule has 0 aliphatic heterocycles. The number of esters is 1. The van der Waals surface area contributed by atoms with Crippen molar-refractivity contribution in [2.45, 2.75) is 38.1 Å². The molecule has 0 radical (unpaired) electrons. The fraction of sp³-hybridized carbons (Fsp3) is 0.368. The number of ether oxygens (including phenoxy) is 1. The van der Waals surface area contributed by atoms with Crippen LogP contribution < -0.4 is 16.0 Å². The van der Waals surface area contributed by atoms with Crippen LogP contribution in [0.25, 0.3) is 0 Å². The minimum absolute atomic E-state index is 0.0257. The summed E-state index contributed by atoms with van der Waals surface area (Å²) in [6, 6.07) is 6.57. The molecule has 3 rings (SSSR count). The lowest BCUT2D eigenvalue weighted by molar-refractivity contribution is -0.115. The molecule has 3 N–H and O–H groups in total. The molecule has 1 aliphatic rings. The van der Waals surface area contributed by atoms with E-state index in [-0.39, 0.29) is 30.0 Å². The molecule has 0 bridgehead atoms. The first-order valence-electron chi connectivity index (χ1n) is 9.04. The number of carbonyl (C=O) groups excluding carboxylic acids is 3.